The minimum absolute atomic E-state index is 0.203. The van der Waals surface area contributed by atoms with Crippen molar-refractivity contribution in [2.75, 3.05) is 19.0 Å². The second kappa shape index (κ2) is 9.76. The molecular formula is C21H28O5S. The molecule has 2 rings (SSSR count). The molecular weight excluding hydrogens is 364 g/mol. The average molecular weight is 393 g/mol. The molecule has 0 heterocycles. The molecule has 0 unspecified atom stereocenters. The fourth-order valence-electron chi connectivity index (χ4n) is 2.65. The Labute approximate surface area is 162 Å². The molecule has 2 aromatic carbocycles. The van der Waals surface area contributed by atoms with Crippen LogP contribution in [0.2, 0.25) is 0 Å². The van der Waals surface area contributed by atoms with Crippen LogP contribution in [0, 0.1) is 13.8 Å². The first-order chi connectivity index (χ1) is 12.8. The molecule has 0 spiro atoms. The van der Waals surface area contributed by atoms with E-state index in [1.54, 1.807) is 0 Å². The Morgan fingerprint density at radius 3 is 2.19 bits per heavy atom. The molecule has 0 aliphatic rings. The Kier molecular flexibility index (Phi) is 7.68. The van der Waals surface area contributed by atoms with Crippen molar-refractivity contribution in [3.63, 3.8) is 0 Å². The number of rotatable bonds is 10. The summed E-state index contributed by atoms with van der Waals surface area (Å²) in [4.78, 5) is 0. The van der Waals surface area contributed by atoms with Crippen LogP contribution >= 0.6 is 0 Å². The molecule has 5 nitrogen and oxygen atoms in total. The highest BCUT2D eigenvalue weighted by Gasteiger charge is 2.13. The van der Waals surface area contributed by atoms with Crippen molar-refractivity contribution in [3.05, 3.63) is 47.5 Å². The second-order valence-electron chi connectivity index (χ2n) is 6.67. The molecule has 0 aliphatic heterocycles. The van der Waals surface area contributed by atoms with Crippen molar-refractivity contribution in [1.29, 1.82) is 0 Å². The standard InChI is InChI=1S/C21H28O5S/c1-4-5-11-25-20-15-19(18-9-7-16(2)8-10-18)21(14-17(20)3)26-12-6-13-27(22,23)24/h7-10,14-15H,4-6,11-13H2,1-3H3,(H,22,23,24). The Morgan fingerprint density at radius 1 is 0.926 bits per heavy atom. The number of unbranched alkanes of at least 4 members (excludes halogenated alkanes) is 1. The third-order valence-electron chi connectivity index (χ3n) is 4.20. The molecule has 148 valence electrons. The van der Waals surface area contributed by atoms with Gasteiger partial charge in [0.05, 0.1) is 19.0 Å². The van der Waals surface area contributed by atoms with E-state index >= 15 is 0 Å². The number of aryl methyl sites for hydroxylation is 2. The summed E-state index contributed by atoms with van der Waals surface area (Å²) in [6, 6.07) is 12.0. The van der Waals surface area contributed by atoms with Crippen LogP contribution < -0.4 is 9.47 Å². The summed E-state index contributed by atoms with van der Waals surface area (Å²) >= 11 is 0. The molecule has 0 amide bonds. The van der Waals surface area contributed by atoms with Crippen LogP contribution in [0.4, 0.5) is 0 Å². The summed E-state index contributed by atoms with van der Waals surface area (Å²) in [6.07, 6.45) is 2.28. The van der Waals surface area contributed by atoms with E-state index in [2.05, 4.69) is 6.92 Å². The lowest BCUT2D eigenvalue weighted by Crippen LogP contribution is -2.09. The van der Waals surface area contributed by atoms with Crippen LogP contribution in [-0.2, 0) is 10.1 Å². The zero-order valence-electron chi connectivity index (χ0n) is 16.2. The summed E-state index contributed by atoms with van der Waals surface area (Å²) in [5.41, 5.74) is 4.04. The number of ether oxygens (including phenoxy) is 2. The van der Waals surface area contributed by atoms with Crippen molar-refractivity contribution >= 4 is 10.1 Å². The number of hydrogen-bond donors (Lipinski definition) is 1. The quantitative estimate of drug-likeness (QED) is 0.464. The summed E-state index contributed by atoms with van der Waals surface area (Å²) in [6.45, 7) is 6.99. The highest BCUT2D eigenvalue weighted by molar-refractivity contribution is 7.85. The zero-order valence-corrected chi connectivity index (χ0v) is 17.0. The van der Waals surface area contributed by atoms with Crippen molar-refractivity contribution in [1.82, 2.24) is 0 Å². The van der Waals surface area contributed by atoms with Crippen LogP contribution in [0.5, 0.6) is 11.5 Å². The van der Waals surface area contributed by atoms with E-state index < -0.39 is 10.1 Å². The maximum atomic E-state index is 10.9. The first-order valence-corrected chi connectivity index (χ1v) is 10.8. The third kappa shape index (κ3) is 6.88. The van der Waals surface area contributed by atoms with Gasteiger partial charge in [-0.1, -0.05) is 43.2 Å². The van der Waals surface area contributed by atoms with Crippen LogP contribution in [0.1, 0.15) is 37.3 Å². The third-order valence-corrected chi connectivity index (χ3v) is 5.00. The lowest BCUT2D eigenvalue weighted by molar-refractivity contribution is 0.302. The van der Waals surface area contributed by atoms with Gasteiger partial charge in [-0.05, 0) is 49.9 Å². The maximum Gasteiger partial charge on any atom is 0.264 e. The Bertz CT molecular complexity index is 842. The van der Waals surface area contributed by atoms with E-state index in [1.165, 1.54) is 5.56 Å². The van der Waals surface area contributed by atoms with Gasteiger partial charge in [-0.25, -0.2) is 0 Å². The van der Waals surface area contributed by atoms with E-state index in [4.69, 9.17) is 14.0 Å². The van der Waals surface area contributed by atoms with E-state index in [-0.39, 0.29) is 18.8 Å². The van der Waals surface area contributed by atoms with Gasteiger partial charge < -0.3 is 9.47 Å². The van der Waals surface area contributed by atoms with Gasteiger partial charge in [0.1, 0.15) is 11.5 Å². The van der Waals surface area contributed by atoms with Gasteiger partial charge in [-0.15, -0.1) is 0 Å². The molecule has 0 aliphatic carbocycles. The van der Waals surface area contributed by atoms with Crippen molar-refractivity contribution in [3.8, 4) is 22.6 Å². The minimum atomic E-state index is -3.97. The van der Waals surface area contributed by atoms with Crippen molar-refractivity contribution in [2.24, 2.45) is 0 Å². The topological polar surface area (TPSA) is 72.8 Å². The molecule has 0 bridgehead atoms. The molecule has 6 heteroatoms. The van der Waals surface area contributed by atoms with Gasteiger partial charge in [-0.2, -0.15) is 8.42 Å². The van der Waals surface area contributed by atoms with Crippen LogP contribution in [0.25, 0.3) is 11.1 Å². The largest absolute Gasteiger partial charge is 0.493 e. The van der Waals surface area contributed by atoms with E-state index in [0.717, 1.165) is 35.3 Å². The SMILES string of the molecule is CCCCOc1cc(-c2ccc(C)cc2)c(OCCCS(=O)(=O)O)cc1C. The summed E-state index contributed by atoms with van der Waals surface area (Å²) in [5.74, 6) is 1.18. The lowest BCUT2D eigenvalue weighted by atomic mass is 10.0. The average Bonchev–Trinajstić information content (AvgIpc) is 2.60. The molecule has 0 fully saturated rings. The Morgan fingerprint density at radius 2 is 1.56 bits per heavy atom. The highest BCUT2D eigenvalue weighted by Crippen LogP contribution is 2.36. The van der Waals surface area contributed by atoms with Crippen LogP contribution in [-0.4, -0.2) is 31.9 Å². The van der Waals surface area contributed by atoms with Gasteiger partial charge >= 0.3 is 0 Å². The van der Waals surface area contributed by atoms with Crippen molar-refractivity contribution < 1.29 is 22.4 Å². The number of benzene rings is 2. The highest BCUT2D eigenvalue weighted by atomic mass is 32.2. The molecule has 1 N–H and O–H groups in total. The van der Waals surface area contributed by atoms with Gasteiger partial charge in [0.2, 0.25) is 0 Å². The first kappa shape index (κ1) is 21.3. The Balaban J connectivity index is 2.26. The summed E-state index contributed by atoms with van der Waals surface area (Å²) in [7, 11) is -3.97. The smallest absolute Gasteiger partial charge is 0.264 e. The van der Waals surface area contributed by atoms with Gasteiger partial charge in [0.25, 0.3) is 10.1 Å². The summed E-state index contributed by atoms with van der Waals surface area (Å²) < 4.78 is 42.4. The van der Waals surface area contributed by atoms with E-state index in [0.29, 0.717) is 12.4 Å². The molecule has 0 saturated heterocycles. The molecule has 2 aromatic rings. The predicted molar refractivity (Wildman–Crippen MR) is 108 cm³/mol. The van der Waals surface area contributed by atoms with Gasteiger partial charge in [0, 0.05) is 5.56 Å². The van der Waals surface area contributed by atoms with Gasteiger partial charge in [0.15, 0.2) is 0 Å². The molecule has 0 aromatic heterocycles. The van der Waals surface area contributed by atoms with Crippen molar-refractivity contribution in [2.45, 2.75) is 40.0 Å². The lowest BCUT2D eigenvalue weighted by Gasteiger charge is -2.16. The molecule has 0 atom stereocenters. The van der Waals surface area contributed by atoms with E-state index in [1.807, 2.05) is 50.2 Å². The maximum absolute atomic E-state index is 10.9. The first-order valence-electron chi connectivity index (χ1n) is 9.22. The zero-order chi connectivity index (χ0) is 19.9. The predicted octanol–water partition coefficient (Wildman–Crippen LogP) is 4.81. The molecule has 0 saturated carbocycles. The van der Waals surface area contributed by atoms with E-state index in [9.17, 15) is 8.42 Å². The Hall–Kier alpha value is -2.05. The molecule has 27 heavy (non-hydrogen) atoms. The summed E-state index contributed by atoms with van der Waals surface area (Å²) in [5, 5.41) is 0. The number of hydrogen-bond acceptors (Lipinski definition) is 4. The van der Waals surface area contributed by atoms with Gasteiger partial charge in [-0.3, -0.25) is 4.55 Å². The fraction of sp³-hybridized carbons (Fsp3) is 0.429. The second-order valence-corrected chi connectivity index (χ2v) is 8.24. The van der Waals surface area contributed by atoms with Crippen LogP contribution in [0.15, 0.2) is 36.4 Å². The molecule has 0 radical (unpaired) electrons. The minimum Gasteiger partial charge on any atom is -0.493 e. The van der Waals surface area contributed by atoms with Crippen LogP contribution in [0.3, 0.4) is 0 Å². The fourth-order valence-corrected chi connectivity index (χ4v) is 3.13. The monoisotopic (exact) mass is 392 g/mol. The normalized spacial score (nSPS) is 11.4.